The van der Waals surface area contributed by atoms with Crippen LogP contribution >= 0.6 is 0 Å². The molecule has 22 heavy (non-hydrogen) atoms. The summed E-state index contributed by atoms with van der Waals surface area (Å²) in [7, 11) is -3.38. The SMILES string of the molecule is CCc1ccc(S(=O)(=O)N2CC3CCC(N)C3C2)cc1CC. The van der Waals surface area contributed by atoms with Crippen LogP contribution in [0.4, 0.5) is 0 Å². The zero-order valence-electron chi connectivity index (χ0n) is 13.5. The number of hydrogen-bond acceptors (Lipinski definition) is 3. The summed E-state index contributed by atoms with van der Waals surface area (Å²) in [6, 6.07) is 5.76. The number of rotatable bonds is 4. The highest BCUT2D eigenvalue weighted by molar-refractivity contribution is 7.89. The minimum atomic E-state index is -3.38. The Balaban J connectivity index is 1.88. The predicted octanol–water partition coefficient (Wildman–Crippen LogP) is 2.17. The van der Waals surface area contributed by atoms with E-state index < -0.39 is 10.0 Å². The van der Waals surface area contributed by atoms with E-state index >= 15 is 0 Å². The van der Waals surface area contributed by atoms with Gasteiger partial charge < -0.3 is 5.73 Å². The van der Waals surface area contributed by atoms with Crippen molar-refractivity contribution < 1.29 is 8.42 Å². The second-order valence-electron chi connectivity index (χ2n) is 6.62. The van der Waals surface area contributed by atoms with Crippen molar-refractivity contribution in [1.29, 1.82) is 0 Å². The average molecular weight is 322 g/mol. The van der Waals surface area contributed by atoms with Gasteiger partial charge in [0.05, 0.1) is 4.90 Å². The van der Waals surface area contributed by atoms with E-state index in [1.165, 1.54) is 5.56 Å². The second kappa shape index (κ2) is 5.95. The molecule has 3 atom stereocenters. The van der Waals surface area contributed by atoms with Gasteiger partial charge in [-0.25, -0.2) is 8.42 Å². The Bertz CT molecular complexity index is 657. The molecule has 0 spiro atoms. The Hall–Kier alpha value is -0.910. The van der Waals surface area contributed by atoms with Gasteiger partial charge in [0, 0.05) is 19.1 Å². The minimum absolute atomic E-state index is 0.166. The van der Waals surface area contributed by atoms with Gasteiger partial charge in [0.15, 0.2) is 0 Å². The summed E-state index contributed by atoms with van der Waals surface area (Å²) in [5, 5.41) is 0. The topological polar surface area (TPSA) is 63.4 Å². The highest BCUT2D eigenvalue weighted by Crippen LogP contribution is 2.39. The van der Waals surface area contributed by atoms with Gasteiger partial charge in [0.25, 0.3) is 0 Å². The van der Waals surface area contributed by atoms with Crippen molar-refractivity contribution >= 4 is 10.0 Å². The van der Waals surface area contributed by atoms with E-state index in [0.717, 1.165) is 31.2 Å². The van der Waals surface area contributed by atoms with Crippen molar-refractivity contribution in [1.82, 2.24) is 4.31 Å². The zero-order chi connectivity index (χ0) is 15.9. The summed E-state index contributed by atoms with van der Waals surface area (Å²) in [6.45, 7) is 5.40. The highest BCUT2D eigenvalue weighted by atomic mass is 32.2. The molecule has 0 bridgehead atoms. The van der Waals surface area contributed by atoms with E-state index in [-0.39, 0.29) is 6.04 Å². The van der Waals surface area contributed by atoms with Gasteiger partial charge in [-0.1, -0.05) is 19.9 Å². The van der Waals surface area contributed by atoms with Gasteiger partial charge in [0.1, 0.15) is 0 Å². The molecule has 1 aromatic rings. The molecule has 1 saturated carbocycles. The first-order valence-corrected chi connectivity index (χ1v) is 9.78. The monoisotopic (exact) mass is 322 g/mol. The number of hydrogen-bond donors (Lipinski definition) is 1. The van der Waals surface area contributed by atoms with Gasteiger partial charge in [-0.3, -0.25) is 0 Å². The third-order valence-electron chi connectivity index (χ3n) is 5.46. The fourth-order valence-corrected chi connectivity index (χ4v) is 5.63. The van der Waals surface area contributed by atoms with Gasteiger partial charge in [-0.15, -0.1) is 0 Å². The second-order valence-corrected chi connectivity index (χ2v) is 8.56. The fourth-order valence-electron chi connectivity index (χ4n) is 4.05. The number of benzene rings is 1. The van der Waals surface area contributed by atoms with Crippen molar-refractivity contribution in [2.45, 2.75) is 50.5 Å². The van der Waals surface area contributed by atoms with E-state index in [1.54, 1.807) is 10.4 Å². The Morgan fingerprint density at radius 2 is 1.86 bits per heavy atom. The Morgan fingerprint density at radius 1 is 1.14 bits per heavy atom. The number of fused-ring (bicyclic) bond motifs is 1. The summed E-state index contributed by atoms with van der Waals surface area (Å²) in [5.41, 5.74) is 8.50. The van der Waals surface area contributed by atoms with Crippen LogP contribution < -0.4 is 5.73 Å². The molecule has 0 radical (unpaired) electrons. The van der Waals surface area contributed by atoms with Gasteiger partial charge in [-0.2, -0.15) is 4.31 Å². The van der Waals surface area contributed by atoms with E-state index in [4.69, 9.17) is 5.73 Å². The lowest BCUT2D eigenvalue weighted by atomic mass is 9.98. The minimum Gasteiger partial charge on any atom is -0.327 e. The van der Waals surface area contributed by atoms with Crippen LogP contribution in [0.3, 0.4) is 0 Å². The molecule has 1 aliphatic carbocycles. The Labute approximate surface area is 133 Å². The Morgan fingerprint density at radius 3 is 2.50 bits per heavy atom. The third kappa shape index (κ3) is 2.59. The Kier molecular flexibility index (Phi) is 4.32. The normalized spacial score (nSPS) is 29.0. The highest BCUT2D eigenvalue weighted by Gasteiger charge is 2.45. The molecule has 1 saturated heterocycles. The quantitative estimate of drug-likeness (QED) is 0.924. The molecule has 122 valence electrons. The lowest BCUT2D eigenvalue weighted by molar-refractivity contribution is 0.427. The van der Waals surface area contributed by atoms with Crippen LogP contribution in [0.2, 0.25) is 0 Å². The van der Waals surface area contributed by atoms with E-state index in [2.05, 4.69) is 13.8 Å². The summed E-state index contributed by atoms with van der Waals surface area (Å²) in [6.07, 6.45) is 3.90. The summed E-state index contributed by atoms with van der Waals surface area (Å²) < 4.78 is 27.5. The summed E-state index contributed by atoms with van der Waals surface area (Å²) in [5.74, 6) is 0.792. The van der Waals surface area contributed by atoms with Gasteiger partial charge in [-0.05, 0) is 60.8 Å². The lowest BCUT2D eigenvalue weighted by Crippen LogP contribution is -2.33. The largest absolute Gasteiger partial charge is 0.327 e. The molecule has 2 fully saturated rings. The van der Waals surface area contributed by atoms with Crippen molar-refractivity contribution in [3.63, 3.8) is 0 Å². The zero-order valence-corrected chi connectivity index (χ0v) is 14.3. The van der Waals surface area contributed by atoms with E-state index in [9.17, 15) is 8.42 Å². The lowest BCUT2D eigenvalue weighted by Gasteiger charge is -2.19. The van der Waals surface area contributed by atoms with Crippen LogP contribution in [0.25, 0.3) is 0 Å². The molecule has 4 nitrogen and oxygen atoms in total. The molecule has 2 aliphatic rings. The van der Waals surface area contributed by atoms with Crippen LogP contribution in [0.5, 0.6) is 0 Å². The summed E-state index contributed by atoms with van der Waals surface area (Å²) >= 11 is 0. The van der Waals surface area contributed by atoms with Crippen LogP contribution in [0, 0.1) is 11.8 Å². The number of aryl methyl sites for hydroxylation is 2. The average Bonchev–Trinajstić information content (AvgIpc) is 3.09. The van der Waals surface area contributed by atoms with Crippen molar-refractivity contribution in [3.8, 4) is 0 Å². The molecule has 5 heteroatoms. The first-order valence-electron chi connectivity index (χ1n) is 8.34. The standard InChI is InChI=1S/C17H26N2O2S/c1-3-12-5-7-15(9-13(12)4-2)22(20,21)19-10-14-6-8-17(18)16(14)11-19/h5,7,9,14,16-17H,3-4,6,8,10-11,18H2,1-2H3. The molecular formula is C17H26N2O2S. The molecule has 0 amide bonds. The molecule has 3 unspecified atom stereocenters. The number of nitrogens with zero attached hydrogens (tertiary/aromatic N) is 1. The molecule has 3 rings (SSSR count). The predicted molar refractivity (Wildman–Crippen MR) is 88.1 cm³/mol. The maximum Gasteiger partial charge on any atom is 0.243 e. The van der Waals surface area contributed by atoms with Crippen molar-refractivity contribution in [2.75, 3.05) is 13.1 Å². The molecule has 1 heterocycles. The smallest absolute Gasteiger partial charge is 0.243 e. The molecule has 1 aliphatic heterocycles. The van der Waals surface area contributed by atoms with Gasteiger partial charge >= 0.3 is 0 Å². The van der Waals surface area contributed by atoms with Crippen LogP contribution in [0.15, 0.2) is 23.1 Å². The fraction of sp³-hybridized carbons (Fsp3) is 0.647. The van der Waals surface area contributed by atoms with Crippen LogP contribution in [0.1, 0.15) is 37.8 Å². The van der Waals surface area contributed by atoms with Crippen molar-refractivity contribution in [2.24, 2.45) is 17.6 Å². The first kappa shape index (κ1) is 16.0. The number of sulfonamides is 1. The first-order chi connectivity index (χ1) is 10.5. The van der Waals surface area contributed by atoms with Crippen LogP contribution in [-0.2, 0) is 22.9 Å². The molecular weight excluding hydrogens is 296 g/mol. The number of nitrogens with two attached hydrogens (primary N) is 1. The molecule has 1 aromatic carbocycles. The van der Waals surface area contributed by atoms with Crippen LogP contribution in [-0.4, -0.2) is 31.9 Å². The molecule has 0 aromatic heterocycles. The summed E-state index contributed by atoms with van der Waals surface area (Å²) in [4.78, 5) is 0.440. The van der Waals surface area contributed by atoms with E-state index in [0.29, 0.717) is 29.8 Å². The molecule has 2 N–H and O–H groups in total. The van der Waals surface area contributed by atoms with Gasteiger partial charge in [0.2, 0.25) is 10.0 Å². The van der Waals surface area contributed by atoms with Crippen molar-refractivity contribution in [3.05, 3.63) is 29.3 Å². The third-order valence-corrected chi connectivity index (χ3v) is 7.28. The maximum atomic E-state index is 12.9. The van der Waals surface area contributed by atoms with E-state index in [1.807, 2.05) is 12.1 Å². The maximum absolute atomic E-state index is 12.9.